The molecule has 0 radical (unpaired) electrons. The average molecular weight is 345 g/mol. The third kappa shape index (κ3) is 4.42. The first kappa shape index (κ1) is 17.2. The summed E-state index contributed by atoms with van der Waals surface area (Å²) in [4.78, 5) is 16.7. The highest BCUT2D eigenvalue weighted by Gasteiger charge is 2.18. The molecule has 2 amide bonds. The van der Waals surface area contributed by atoms with E-state index in [1.54, 1.807) is 6.20 Å². The molecule has 2 aromatic rings. The number of halogens is 3. The molecule has 1 heterocycles. The molecule has 1 unspecified atom stereocenters. The van der Waals surface area contributed by atoms with Crippen molar-refractivity contribution in [3.63, 3.8) is 0 Å². The number of aliphatic hydroxyl groups is 1. The number of urea groups is 1. The zero-order valence-electron chi connectivity index (χ0n) is 12.1. The van der Waals surface area contributed by atoms with Crippen LogP contribution >= 0.6 is 11.3 Å². The normalized spacial score (nSPS) is 12.0. The molecule has 5 nitrogen and oxygen atoms in total. The molecule has 3 N–H and O–H groups in total. The molecule has 1 aromatic carbocycles. The Hall–Kier alpha value is -2.13. The van der Waals surface area contributed by atoms with Crippen LogP contribution < -0.4 is 10.6 Å². The topological polar surface area (TPSA) is 74.2 Å². The number of rotatable bonds is 5. The number of amides is 2. The van der Waals surface area contributed by atoms with E-state index in [-0.39, 0.29) is 12.1 Å². The molecule has 0 spiro atoms. The van der Waals surface area contributed by atoms with Gasteiger partial charge in [-0.3, -0.25) is 0 Å². The predicted octanol–water partition coefficient (Wildman–Crippen LogP) is 2.40. The van der Waals surface area contributed by atoms with Crippen LogP contribution in [0, 0.1) is 24.4 Å². The first-order valence-corrected chi connectivity index (χ1v) is 7.43. The van der Waals surface area contributed by atoms with Gasteiger partial charge in [0, 0.05) is 11.1 Å². The molecule has 9 heteroatoms. The number of aliphatic hydroxyl groups excluding tert-OH is 1. The van der Waals surface area contributed by atoms with Crippen LogP contribution in [0.15, 0.2) is 18.3 Å². The van der Waals surface area contributed by atoms with Crippen molar-refractivity contribution in [1.29, 1.82) is 0 Å². The largest absolute Gasteiger partial charge is 0.394 e. The molecule has 2 rings (SSSR count). The average Bonchev–Trinajstić information content (AvgIpc) is 2.93. The van der Waals surface area contributed by atoms with Crippen molar-refractivity contribution < 1.29 is 23.1 Å². The summed E-state index contributed by atoms with van der Waals surface area (Å²) in [6, 6.07) is -0.249. The van der Waals surface area contributed by atoms with Gasteiger partial charge >= 0.3 is 6.03 Å². The maximum absolute atomic E-state index is 13.2. The Balaban J connectivity index is 1.99. The molecule has 0 saturated carbocycles. The van der Waals surface area contributed by atoms with Crippen LogP contribution in [0.1, 0.15) is 21.5 Å². The van der Waals surface area contributed by atoms with Crippen LogP contribution in [0.25, 0.3) is 0 Å². The van der Waals surface area contributed by atoms with E-state index in [0.717, 1.165) is 22.0 Å². The molecule has 23 heavy (non-hydrogen) atoms. The van der Waals surface area contributed by atoms with Crippen LogP contribution in [0.5, 0.6) is 0 Å². The maximum Gasteiger partial charge on any atom is 0.315 e. The second-order valence-corrected chi connectivity index (χ2v) is 6.03. The van der Waals surface area contributed by atoms with Crippen molar-refractivity contribution >= 4 is 17.4 Å². The number of carbonyl (C=O) groups excluding carboxylic acids is 1. The number of benzene rings is 1. The highest BCUT2D eigenvalue weighted by Crippen LogP contribution is 2.19. The summed E-state index contributed by atoms with van der Waals surface area (Å²) in [6.45, 7) is 1.45. The van der Waals surface area contributed by atoms with Gasteiger partial charge in [0.25, 0.3) is 0 Å². The van der Waals surface area contributed by atoms with E-state index in [2.05, 4.69) is 15.6 Å². The zero-order valence-corrected chi connectivity index (χ0v) is 12.9. The minimum atomic E-state index is -1.60. The van der Waals surface area contributed by atoms with Gasteiger partial charge in [-0.05, 0) is 24.6 Å². The summed E-state index contributed by atoms with van der Waals surface area (Å²) in [7, 11) is 0. The first-order valence-electron chi connectivity index (χ1n) is 6.61. The molecular formula is C14H14F3N3O2S. The summed E-state index contributed by atoms with van der Waals surface area (Å²) in [5.41, 5.74) is -0.0762. The minimum absolute atomic E-state index is 0.0762. The fourth-order valence-corrected chi connectivity index (χ4v) is 2.61. The van der Waals surface area contributed by atoms with E-state index in [1.807, 2.05) is 6.92 Å². The van der Waals surface area contributed by atoms with Crippen molar-refractivity contribution in [2.75, 3.05) is 6.61 Å². The molecule has 0 aliphatic carbocycles. The molecule has 124 valence electrons. The van der Waals surface area contributed by atoms with Crippen LogP contribution in [0.2, 0.25) is 0 Å². The molecule has 0 bridgehead atoms. The highest BCUT2D eigenvalue weighted by molar-refractivity contribution is 7.11. The standard InChI is InChI=1S/C14H14F3N3O2S/c1-7-18-4-9(23-7)5-19-14(22)20-12(6-21)8-2-10(15)13(17)11(16)3-8/h2-4,12,21H,5-6H2,1H3,(H2,19,20,22). The number of nitrogens with zero attached hydrogens (tertiary/aromatic N) is 1. The summed E-state index contributed by atoms with van der Waals surface area (Å²) in [6.07, 6.45) is 1.62. The van der Waals surface area contributed by atoms with Crippen molar-refractivity contribution in [3.05, 3.63) is 51.2 Å². The van der Waals surface area contributed by atoms with Crippen LogP contribution in [-0.2, 0) is 6.54 Å². The highest BCUT2D eigenvalue weighted by atomic mass is 32.1. The minimum Gasteiger partial charge on any atom is -0.394 e. The van der Waals surface area contributed by atoms with Gasteiger partial charge in [0.05, 0.1) is 24.2 Å². The molecule has 0 aliphatic rings. The summed E-state index contributed by atoms with van der Waals surface area (Å²) in [5, 5.41) is 15.0. The number of carbonyl (C=O) groups is 1. The molecule has 1 atom stereocenters. The van der Waals surface area contributed by atoms with E-state index in [0.29, 0.717) is 0 Å². The van der Waals surface area contributed by atoms with Gasteiger partial charge in [0.1, 0.15) is 0 Å². The Morgan fingerprint density at radius 2 is 2.00 bits per heavy atom. The lowest BCUT2D eigenvalue weighted by Crippen LogP contribution is -2.38. The van der Waals surface area contributed by atoms with Gasteiger partial charge < -0.3 is 15.7 Å². The van der Waals surface area contributed by atoms with Gasteiger partial charge in [-0.1, -0.05) is 0 Å². The maximum atomic E-state index is 13.2. The van der Waals surface area contributed by atoms with Crippen LogP contribution in [0.4, 0.5) is 18.0 Å². The summed E-state index contributed by atoms with van der Waals surface area (Å²) < 4.78 is 39.4. The Bertz CT molecular complexity index is 685. The first-order chi connectivity index (χ1) is 10.9. The quantitative estimate of drug-likeness (QED) is 0.729. The predicted molar refractivity (Wildman–Crippen MR) is 78.4 cm³/mol. The number of thiazole rings is 1. The summed E-state index contributed by atoms with van der Waals surface area (Å²) in [5.74, 6) is -4.38. The van der Waals surface area contributed by atoms with Gasteiger partial charge in [0.2, 0.25) is 0 Å². The second-order valence-electron chi connectivity index (χ2n) is 4.71. The number of aromatic nitrogens is 1. The van der Waals surface area contributed by atoms with Crippen molar-refractivity contribution in [2.24, 2.45) is 0 Å². The van der Waals surface area contributed by atoms with Crippen molar-refractivity contribution in [1.82, 2.24) is 15.6 Å². The van der Waals surface area contributed by atoms with Crippen LogP contribution in [0.3, 0.4) is 0 Å². The smallest absolute Gasteiger partial charge is 0.315 e. The molecule has 0 fully saturated rings. The number of aryl methyl sites for hydroxylation is 1. The zero-order chi connectivity index (χ0) is 17.0. The van der Waals surface area contributed by atoms with Gasteiger partial charge in [-0.15, -0.1) is 11.3 Å². The number of hydrogen-bond donors (Lipinski definition) is 3. The van der Waals surface area contributed by atoms with Crippen LogP contribution in [-0.4, -0.2) is 22.7 Å². The van der Waals surface area contributed by atoms with Gasteiger partial charge in [0.15, 0.2) is 17.5 Å². The number of hydrogen-bond acceptors (Lipinski definition) is 4. The van der Waals surface area contributed by atoms with E-state index in [9.17, 15) is 23.1 Å². The lowest BCUT2D eigenvalue weighted by atomic mass is 10.1. The SMILES string of the molecule is Cc1ncc(CNC(=O)NC(CO)c2cc(F)c(F)c(F)c2)s1. The van der Waals surface area contributed by atoms with Crippen molar-refractivity contribution in [2.45, 2.75) is 19.5 Å². The Morgan fingerprint density at radius 1 is 1.35 bits per heavy atom. The lowest BCUT2D eigenvalue weighted by Gasteiger charge is -2.17. The fourth-order valence-electron chi connectivity index (χ4n) is 1.87. The van der Waals surface area contributed by atoms with E-state index >= 15 is 0 Å². The second kappa shape index (κ2) is 7.42. The summed E-state index contributed by atoms with van der Waals surface area (Å²) >= 11 is 1.41. The Kier molecular flexibility index (Phi) is 5.56. The third-order valence-electron chi connectivity index (χ3n) is 2.99. The van der Waals surface area contributed by atoms with Gasteiger partial charge in [-0.2, -0.15) is 0 Å². The monoisotopic (exact) mass is 345 g/mol. The molecule has 1 aromatic heterocycles. The lowest BCUT2D eigenvalue weighted by molar-refractivity contribution is 0.216. The Morgan fingerprint density at radius 3 is 2.52 bits per heavy atom. The fraction of sp³-hybridized carbons (Fsp3) is 0.286. The molecular weight excluding hydrogens is 331 g/mol. The number of nitrogens with one attached hydrogen (secondary N) is 2. The Labute approximate surface area is 134 Å². The van der Waals surface area contributed by atoms with E-state index in [4.69, 9.17) is 0 Å². The molecule has 0 saturated heterocycles. The molecule has 0 aliphatic heterocycles. The third-order valence-corrected chi connectivity index (χ3v) is 3.90. The van der Waals surface area contributed by atoms with Crippen molar-refractivity contribution in [3.8, 4) is 0 Å². The van der Waals surface area contributed by atoms with E-state index < -0.39 is 36.1 Å². The van der Waals surface area contributed by atoms with E-state index in [1.165, 1.54) is 11.3 Å². The van der Waals surface area contributed by atoms with Gasteiger partial charge in [-0.25, -0.2) is 22.9 Å².